The number of hydrogen-bond donors (Lipinski definition) is 2. The van der Waals surface area contributed by atoms with Crippen LogP contribution in [0.25, 0.3) is 10.9 Å². The van der Waals surface area contributed by atoms with Gasteiger partial charge in [-0.15, -0.1) is 6.58 Å². The summed E-state index contributed by atoms with van der Waals surface area (Å²) in [5.74, 6) is -3.04. The molecule has 10 heteroatoms. The van der Waals surface area contributed by atoms with Crippen molar-refractivity contribution in [1.82, 2.24) is 14.5 Å². The zero-order valence-corrected chi connectivity index (χ0v) is 19.5. The Morgan fingerprint density at radius 3 is 2.41 bits per heavy atom. The van der Waals surface area contributed by atoms with Crippen molar-refractivity contribution in [1.29, 1.82) is 0 Å². The third-order valence-corrected chi connectivity index (χ3v) is 5.60. The van der Waals surface area contributed by atoms with Crippen LogP contribution in [0.3, 0.4) is 0 Å². The van der Waals surface area contributed by atoms with Crippen LogP contribution in [0.5, 0.6) is 0 Å². The van der Waals surface area contributed by atoms with E-state index in [2.05, 4.69) is 17.2 Å². The van der Waals surface area contributed by atoms with Crippen LogP contribution in [0, 0.1) is 11.6 Å². The van der Waals surface area contributed by atoms with E-state index in [0.29, 0.717) is 6.07 Å². The predicted molar refractivity (Wildman–Crippen MR) is 135 cm³/mol. The van der Waals surface area contributed by atoms with E-state index in [4.69, 9.17) is 0 Å². The first-order chi connectivity index (χ1) is 17.8. The van der Waals surface area contributed by atoms with Gasteiger partial charge in [0.2, 0.25) is 5.91 Å². The maximum Gasteiger partial charge on any atom is 0.332 e. The number of carbonyl (C=O) groups is 2. The van der Waals surface area contributed by atoms with Gasteiger partial charge in [0, 0.05) is 24.7 Å². The normalized spacial score (nSPS) is 10.8. The lowest BCUT2D eigenvalue weighted by atomic mass is 10.1. The quantitative estimate of drug-likeness (QED) is 0.360. The summed E-state index contributed by atoms with van der Waals surface area (Å²) in [5.41, 5.74) is -0.596. The fraction of sp³-hybridized carbons (Fsp3) is 0.111. The average molecular weight is 504 g/mol. The number of nitrogens with one attached hydrogen (secondary N) is 2. The minimum Gasteiger partial charge on any atom is -0.348 e. The van der Waals surface area contributed by atoms with Gasteiger partial charge in [0.25, 0.3) is 11.5 Å². The Hall–Kier alpha value is -4.86. The summed E-state index contributed by atoms with van der Waals surface area (Å²) in [7, 11) is 0. The minimum absolute atomic E-state index is 0.0531. The molecule has 4 rings (SSSR count). The molecule has 0 aliphatic carbocycles. The van der Waals surface area contributed by atoms with Gasteiger partial charge in [-0.05, 0) is 35.9 Å². The van der Waals surface area contributed by atoms with Gasteiger partial charge in [-0.25, -0.2) is 13.6 Å². The van der Waals surface area contributed by atoms with E-state index >= 15 is 0 Å². The van der Waals surface area contributed by atoms with Gasteiger partial charge < -0.3 is 10.6 Å². The van der Waals surface area contributed by atoms with Crippen molar-refractivity contribution in [2.24, 2.45) is 0 Å². The molecular weight excluding hydrogens is 482 g/mol. The van der Waals surface area contributed by atoms with Crippen LogP contribution in [0.2, 0.25) is 0 Å². The van der Waals surface area contributed by atoms with Crippen LogP contribution in [-0.4, -0.2) is 20.9 Å². The number of anilines is 1. The van der Waals surface area contributed by atoms with E-state index < -0.39 is 41.2 Å². The Morgan fingerprint density at radius 1 is 0.946 bits per heavy atom. The number of aromatic nitrogens is 2. The molecule has 0 fully saturated rings. The van der Waals surface area contributed by atoms with Crippen molar-refractivity contribution in [3.05, 3.63) is 123 Å². The molecule has 4 aromatic rings. The molecule has 1 heterocycles. The molecule has 2 N–H and O–H groups in total. The van der Waals surface area contributed by atoms with Crippen molar-refractivity contribution in [2.45, 2.75) is 19.6 Å². The molecule has 1 aromatic heterocycles. The van der Waals surface area contributed by atoms with Gasteiger partial charge in [-0.2, -0.15) is 0 Å². The smallest absolute Gasteiger partial charge is 0.332 e. The number of benzene rings is 3. The number of halogens is 2. The highest BCUT2D eigenvalue weighted by Gasteiger charge is 2.18. The van der Waals surface area contributed by atoms with Crippen LogP contribution in [0.4, 0.5) is 14.5 Å². The summed E-state index contributed by atoms with van der Waals surface area (Å²) in [4.78, 5) is 51.6. The van der Waals surface area contributed by atoms with Gasteiger partial charge in [0.15, 0.2) is 0 Å². The highest BCUT2D eigenvalue weighted by Crippen LogP contribution is 2.16. The molecular formula is C27H22F2N4O4. The van der Waals surface area contributed by atoms with Crippen LogP contribution >= 0.6 is 0 Å². The van der Waals surface area contributed by atoms with Crippen molar-refractivity contribution in [3.8, 4) is 0 Å². The summed E-state index contributed by atoms with van der Waals surface area (Å²) >= 11 is 0. The lowest BCUT2D eigenvalue weighted by Crippen LogP contribution is -2.41. The van der Waals surface area contributed by atoms with Crippen molar-refractivity contribution in [2.75, 3.05) is 5.32 Å². The Labute approximate surface area is 209 Å². The molecule has 0 spiro atoms. The first-order valence-electron chi connectivity index (χ1n) is 11.2. The lowest BCUT2D eigenvalue weighted by Gasteiger charge is -2.15. The molecule has 0 saturated carbocycles. The number of amides is 2. The topological polar surface area (TPSA) is 102 Å². The summed E-state index contributed by atoms with van der Waals surface area (Å²) in [5, 5.41) is 5.16. The first kappa shape index (κ1) is 25.2. The lowest BCUT2D eigenvalue weighted by molar-refractivity contribution is -0.116. The van der Waals surface area contributed by atoms with E-state index in [0.717, 1.165) is 26.8 Å². The fourth-order valence-corrected chi connectivity index (χ4v) is 3.81. The largest absolute Gasteiger partial charge is 0.348 e. The Kier molecular flexibility index (Phi) is 7.38. The number of allylic oxidation sites excluding steroid dienone is 1. The molecule has 37 heavy (non-hydrogen) atoms. The third kappa shape index (κ3) is 5.53. The zero-order chi connectivity index (χ0) is 26.5. The standard InChI is InChI=1S/C27H22F2N4O4/c1-2-12-32-26(36)20-10-8-18(25(35)30-15-17-6-4-3-5-7-17)13-23(20)33(27(32)37)16-24(34)31-22-11-9-19(28)14-21(22)29/h2-11,13-14H,1,12,15-16H2,(H,30,35)(H,31,34). The minimum atomic E-state index is -0.987. The molecule has 0 unspecified atom stereocenters. The van der Waals surface area contributed by atoms with E-state index in [9.17, 15) is 28.0 Å². The average Bonchev–Trinajstić information content (AvgIpc) is 2.89. The van der Waals surface area contributed by atoms with E-state index in [-0.39, 0.29) is 35.2 Å². The first-order valence-corrected chi connectivity index (χ1v) is 11.2. The van der Waals surface area contributed by atoms with Crippen LogP contribution in [0.1, 0.15) is 15.9 Å². The predicted octanol–water partition coefficient (Wildman–Crippen LogP) is 3.20. The number of rotatable bonds is 8. The SMILES string of the molecule is C=CCn1c(=O)c2ccc(C(=O)NCc3ccccc3)cc2n(CC(=O)Nc2ccc(F)cc2F)c1=O. The highest BCUT2D eigenvalue weighted by atomic mass is 19.1. The molecule has 0 atom stereocenters. The fourth-order valence-electron chi connectivity index (χ4n) is 3.81. The van der Waals surface area contributed by atoms with Crippen molar-refractivity contribution >= 4 is 28.4 Å². The second-order valence-electron chi connectivity index (χ2n) is 8.15. The van der Waals surface area contributed by atoms with Crippen molar-refractivity contribution < 1.29 is 18.4 Å². The maximum absolute atomic E-state index is 14.0. The molecule has 3 aromatic carbocycles. The van der Waals surface area contributed by atoms with Crippen LogP contribution < -0.4 is 21.9 Å². The van der Waals surface area contributed by atoms with Crippen LogP contribution in [-0.2, 0) is 24.4 Å². The second-order valence-corrected chi connectivity index (χ2v) is 8.15. The van der Waals surface area contributed by atoms with Gasteiger partial charge in [-0.3, -0.25) is 23.5 Å². The summed E-state index contributed by atoms with van der Waals surface area (Å²) in [6.45, 7) is 3.10. The van der Waals surface area contributed by atoms with Crippen molar-refractivity contribution in [3.63, 3.8) is 0 Å². The van der Waals surface area contributed by atoms with Gasteiger partial charge in [-0.1, -0.05) is 36.4 Å². The molecule has 0 radical (unpaired) electrons. The third-order valence-electron chi connectivity index (χ3n) is 5.60. The molecule has 2 amide bonds. The zero-order valence-electron chi connectivity index (χ0n) is 19.5. The summed E-state index contributed by atoms with van der Waals surface area (Å²) < 4.78 is 29.1. The van der Waals surface area contributed by atoms with E-state index in [1.807, 2.05) is 30.3 Å². The van der Waals surface area contributed by atoms with Crippen LogP contribution in [0.15, 0.2) is 89.0 Å². The molecule has 0 saturated heterocycles. The Morgan fingerprint density at radius 2 is 1.70 bits per heavy atom. The number of fused-ring (bicyclic) bond motifs is 1. The van der Waals surface area contributed by atoms with Gasteiger partial charge >= 0.3 is 5.69 Å². The Bertz CT molecular complexity index is 1630. The van der Waals surface area contributed by atoms with E-state index in [1.54, 1.807) is 0 Å². The summed E-state index contributed by atoms with van der Waals surface area (Å²) in [6.07, 6.45) is 1.36. The van der Waals surface area contributed by atoms with Gasteiger partial charge in [0.1, 0.15) is 18.2 Å². The Balaban J connectivity index is 1.71. The number of nitrogens with zero attached hydrogens (tertiary/aromatic N) is 2. The molecule has 8 nitrogen and oxygen atoms in total. The van der Waals surface area contributed by atoms with E-state index in [1.165, 1.54) is 24.3 Å². The molecule has 188 valence electrons. The number of hydrogen-bond acceptors (Lipinski definition) is 4. The maximum atomic E-state index is 14.0. The second kappa shape index (κ2) is 10.8. The van der Waals surface area contributed by atoms with Gasteiger partial charge in [0.05, 0.1) is 16.6 Å². The molecule has 0 bridgehead atoms. The summed E-state index contributed by atoms with van der Waals surface area (Å²) in [6, 6.07) is 16.1. The highest BCUT2D eigenvalue weighted by molar-refractivity contribution is 5.98. The molecule has 0 aliphatic heterocycles. The number of carbonyl (C=O) groups excluding carboxylic acids is 2. The molecule has 0 aliphatic rings. The monoisotopic (exact) mass is 504 g/mol.